The van der Waals surface area contributed by atoms with E-state index in [4.69, 9.17) is 9.72 Å². The highest BCUT2D eigenvalue weighted by Gasteiger charge is 2.30. The number of aryl methyl sites for hydroxylation is 1. The van der Waals surface area contributed by atoms with Gasteiger partial charge < -0.3 is 13.9 Å². The molecule has 2 aromatic carbocycles. The molecule has 1 N–H and O–H groups in total. The van der Waals surface area contributed by atoms with Crippen molar-refractivity contribution in [3.8, 4) is 0 Å². The van der Waals surface area contributed by atoms with Gasteiger partial charge in [-0.3, -0.25) is 10.1 Å². The summed E-state index contributed by atoms with van der Waals surface area (Å²) in [7, 11) is 0. The second kappa shape index (κ2) is 8.51. The number of nitrogens with one attached hydrogen (secondary N) is 1. The SMILES string of the molecule is CCOCCCn1c(NC(=O)Cn2c(C3CC3)nc3ccccc32)nc2ccccc21. The first-order valence-corrected chi connectivity index (χ1v) is 11.0. The van der Waals surface area contributed by atoms with Crippen LogP contribution < -0.4 is 5.32 Å². The predicted molar refractivity (Wildman–Crippen MR) is 121 cm³/mol. The van der Waals surface area contributed by atoms with Crippen LogP contribution in [0, 0.1) is 0 Å². The standard InChI is InChI=1S/C24H27N5O2/c1-2-31-15-7-14-28-20-10-5-4-9-19(20)26-24(28)27-22(30)16-29-21-11-6-3-8-18(21)25-23(29)17-12-13-17/h3-6,8-11,17H,2,7,12-16H2,1H3,(H,26,27,30). The Morgan fingerprint density at radius 2 is 1.71 bits per heavy atom. The van der Waals surface area contributed by atoms with Gasteiger partial charge in [0, 0.05) is 25.7 Å². The molecule has 0 spiro atoms. The molecule has 1 fully saturated rings. The molecule has 7 heteroatoms. The first kappa shape index (κ1) is 19.8. The van der Waals surface area contributed by atoms with Crippen molar-refractivity contribution in [3.05, 3.63) is 54.4 Å². The number of ether oxygens (including phenoxy) is 1. The molecule has 31 heavy (non-hydrogen) atoms. The van der Waals surface area contributed by atoms with Gasteiger partial charge in [0.1, 0.15) is 12.4 Å². The predicted octanol–water partition coefficient (Wildman–Crippen LogP) is 4.33. The Balaban J connectivity index is 1.40. The maximum Gasteiger partial charge on any atom is 0.246 e. The van der Waals surface area contributed by atoms with Crippen molar-refractivity contribution in [2.45, 2.75) is 45.2 Å². The van der Waals surface area contributed by atoms with Gasteiger partial charge in [-0.25, -0.2) is 9.97 Å². The van der Waals surface area contributed by atoms with E-state index in [9.17, 15) is 4.79 Å². The molecule has 0 bridgehead atoms. The van der Waals surface area contributed by atoms with Crippen molar-refractivity contribution in [1.82, 2.24) is 19.1 Å². The minimum absolute atomic E-state index is 0.0913. The molecule has 0 unspecified atom stereocenters. The Morgan fingerprint density at radius 3 is 2.42 bits per heavy atom. The van der Waals surface area contributed by atoms with Crippen LogP contribution >= 0.6 is 0 Å². The van der Waals surface area contributed by atoms with E-state index in [1.165, 1.54) is 0 Å². The molecule has 2 aromatic heterocycles. The van der Waals surface area contributed by atoms with Crippen LogP contribution in [0.25, 0.3) is 22.1 Å². The van der Waals surface area contributed by atoms with Crippen LogP contribution in [-0.4, -0.2) is 38.2 Å². The molecule has 160 valence electrons. The zero-order chi connectivity index (χ0) is 21.2. The molecule has 7 nitrogen and oxygen atoms in total. The number of para-hydroxylation sites is 4. The molecule has 0 radical (unpaired) electrons. The molecule has 0 atom stereocenters. The minimum atomic E-state index is -0.0913. The zero-order valence-corrected chi connectivity index (χ0v) is 17.8. The number of imidazole rings is 2. The summed E-state index contributed by atoms with van der Waals surface area (Å²) in [6.45, 7) is 4.35. The van der Waals surface area contributed by atoms with Crippen molar-refractivity contribution in [2.75, 3.05) is 18.5 Å². The Morgan fingerprint density at radius 1 is 1.03 bits per heavy atom. The van der Waals surface area contributed by atoms with E-state index < -0.39 is 0 Å². The fourth-order valence-corrected chi connectivity index (χ4v) is 4.09. The highest BCUT2D eigenvalue weighted by Crippen LogP contribution is 2.40. The number of hydrogen-bond donors (Lipinski definition) is 1. The Hall–Kier alpha value is -3.19. The van der Waals surface area contributed by atoms with Gasteiger partial charge in [-0.05, 0) is 50.5 Å². The lowest BCUT2D eigenvalue weighted by molar-refractivity contribution is -0.116. The third-order valence-electron chi connectivity index (χ3n) is 5.71. The lowest BCUT2D eigenvalue weighted by Gasteiger charge is -2.12. The summed E-state index contributed by atoms with van der Waals surface area (Å²) in [4.78, 5) is 22.6. The maximum atomic E-state index is 13.1. The Kier molecular flexibility index (Phi) is 5.42. The van der Waals surface area contributed by atoms with Crippen LogP contribution in [0.2, 0.25) is 0 Å². The van der Waals surface area contributed by atoms with E-state index >= 15 is 0 Å². The molecule has 4 aromatic rings. The van der Waals surface area contributed by atoms with E-state index in [2.05, 4.69) is 19.4 Å². The highest BCUT2D eigenvalue weighted by atomic mass is 16.5. The molecular weight excluding hydrogens is 390 g/mol. The number of aromatic nitrogens is 4. The van der Waals surface area contributed by atoms with E-state index in [1.54, 1.807) is 0 Å². The van der Waals surface area contributed by atoms with Crippen molar-refractivity contribution >= 4 is 33.9 Å². The van der Waals surface area contributed by atoms with Crippen LogP contribution in [-0.2, 0) is 22.6 Å². The van der Waals surface area contributed by atoms with Crippen LogP contribution in [0.5, 0.6) is 0 Å². The van der Waals surface area contributed by atoms with E-state index in [1.807, 2.05) is 55.5 Å². The van der Waals surface area contributed by atoms with Crippen LogP contribution in [0.3, 0.4) is 0 Å². The van der Waals surface area contributed by atoms with Gasteiger partial charge >= 0.3 is 0 Å². The number of carbonyl (C=O) groups is 1. The third-order valence-corrected chi connectivity index (χ3v) is 5.71. The number of amides is 1. The van der Waals surface area contributed by atoms with E-state index in [-0.39, 0.29) is 12.5 Å². The lowest BCUT2D eigenvalue weighted by atomic mass is 10.3. The van der Waals surface area contributed by atoms with Crippen LogP contribution in [0.15, 0.2) is 48.5 Å². The van der Waals surface area contributed by atoms with E-state index in [0.717, 1.165) is 53.7 Å². The average Bonchev–Trinajstić information content (AvgIpc) is 3.49. The molecule has 1 saturated carbocycles. The molecule has 1 aliphatic carbocycles. The summed E-state index contributed by atoms with van der Waals surface area (Å²) in [6.07, 6.45) is 3.14. The summed E-state index contributed by atoms with van der Waals surface area (Å²) < 4.78 is 9.62. The zero-order valence-electron chi connectivity index (χ0n) is 17.8. The highest BCUT2D eigenvalue weighted by molar-refractivity contribution is 5.92. The van der Waals surface area contributed by atoms with Gasteiger partial charge in [0.2, 0.25) is 11.9 Å². The molecule has 5 rings (SSSR count). The van der Waals surface area contributed by atoms with Crippen LogP contribution in [0.4, 0.5) is 5.95 Å². The van der Waals surface area contributed by atoms with Gasteiger partial charge in [-0.1, -0.05) is 24.3 Å². The summed E-state index contributed by atoms with van der Waals surface area (Å²) in [5, 5.41) is 3.05. The summed E-state index contributed by atoms with van der Waals surface area (Å²) >= 11 is 0. The molecule has 1 amide bonds. The molecule has 0 saturated heterocycles. The Labute approximate surface area is 181 Å². The number of fused-ring (bicyclic) bond motifs is 2. The smallest absolute Gasteiger partial charge is 0.246 e. The normalized spacial score (nSPS) is 13.8. The lowest BCUT2D eigenvalue weighted by Crippen LogP contribution is -2.22. The van der Waals surface area contributed by atoms with Crippen molar-refractivity contribution < 1.29 is 9.53 Å². The van der Waals surface area contributed by atoms with E-state index in [0.29, 0.717) is 25.1 Å². The number of nitrogens with zero attached hydrogens (tertiary/aromatic N) is 4. The number of hydrogen-bond acceptors (Lipinski definition) is 4. The van der Waals surface area contributed by atoms with Gasteiger partial charge in [0.15, 0.2) is 0 Å². The fourth-order valence-electron chi connectivity index (χ4n) is 4.09. The second-order valence-corrected chi connectivity index (χ2v) is 7.99. The number of benzene rings is 2. The molecule has 0 aliphatic heterocycles. The minimum Gasteiger partial charge on any atom is -0.382 e. The fraction of sp³-hybridized carbons (Fsp3) is 0.375. The maximum absolute atomic E-state index is 13.1. The molecule has 2 heterocycles. The number of rotatable bonds is 9. The van der Waals surface area contributed by atoms with Crippen molar-refractivity contribution in [1.29, 1.82) is 0 Å². The summed E-state index contributed by atoms with van der Waals surface area (Å²) in [5.74, 6) is 1.97. The van der Waals surface area contributed by atoms with Gasteiger partial charge in [0.05, 0.1) is 22.1 Å². The molecule has 1 aliphatic rings. The van der Waals surface area contributed by atoms with Crippen molar-refractivity contribution in [2.24, 2.45) is 0 Å². The number of anilines is 1. The first-order chi connectivity index (χ1) is 15.2. The molecular formula is C24H27N5O2. The van der Waals surface area contributed by atoms with Gasteiger partial charge in [-0.2, -0.15) is 0 Å². The summed E-state index contributed by atoms with van der Waals surface area (Å²) in [5.41, 5.74) is 3.84. The number of carbonyl (C=O) groups excluding carboxylic acids is 1. The monoisotopic (exact) mass is 417 g/mol. The van der Waals surface area contributed by atoms with Crippen LogP contribution in [0.1, 0.15) is 37.9 Å². The van der Waals surface area contributed by atoms with Gasteiger partial charge in [-0.15, -0.1) is 0 Å². The van der Waals surface area contributed by atoms with Gasteiger partial charge in [0.25, 0.3) is 0 Å². The summed E-state index contributed by atoms with van der Waals surface area (Å²) in [6, 6.07) is 16.0. The first-order valence-electron chi connectivity index (χ1n) is 11.0. The topological polar surface area (TPSA) is 74.0 Å². The third kappa shape index (κ3) is 4.05. The Bertz CT molecular complexity index is 1220. The second-order valence-electron chi connectivity index (χ2n) is 7.99. The van der Waals surface area contributed by atoms with Crippen molar-refractivity contribution in [3.63, 3.8) is 0 Å². The largest absolute Gasteiger partial charge is 0.382 e. The quantitative estimate of drug-likeness (QED) is 0.412. The average molecular weight is 418 g/mol.